The van der Waals surface area contributed by atoms with Gasteiger partial charge >= 0.3 is 6.61 Å². The molecule has 0 bridgehead atoms. The summed E-state index contributed by atoms with van der Waals surface area (Å²) in [6.07, 6.45) is 1.51. The fourth-order valence-electron chi connectivity index (χ4n) is 2.74. The van der Waals surface area contributed by atoms with E-state index < -0.39 is 6.61 Å². The highest BCUT2D eigenvalue weighted by Crippen LogP contribution is 2.29. The van der Waals surface area contributed by atoms with Crippen molar-refractivity contribution in [2.75, 3.05) is 6.54 Å². The number of alkyl halides is 2. The highest BCUT2D eigenvalue weighted by molar-refractivity contribution is 5.94. The van der Waals surface area contributed by atoms with E-state index in [2.05, 4.69) is 25.1 Å². The molecular weight excluding hydrogens is 344 g/mol. The predicted molar refractivity (Wildman–Crippen MR) is 87.7 cm³/mol. The normalized spacial score (nSPS) is 13.4. The number of rotatable bonds is 4. The van der Waals surface area contributed by atoms with Gasteiger partial charge < -0.3 is 10.1 Å². The molecule has 0 radical (unpaired) electrons. The van der Waals surface area contributed by atoms with Gasteiger partial charge in [0.2, 0.25) is 0 Å². The first-order chi connectivity index (χ1) is 12.6. The minimum Gasteiger partial charge on any atom is -0.434 e. The Morgan fingerprint density at radius 2 is 2.04 bits per heavy atom. The van der Waals surface area contributed by atoms with Gasteiger partial charge in [0.1, 0.15) is 17.1 Å². The molecule has 0 aliphatic carbocycles. The van der Waals surface area contributed by atoms with Crippen LogP contribution in [0.1, 0.15) is 10.5 Å². The molecule has 2 aromatic heterocycles. The van der Waals surface area contributed by atoms with Crippen molar-refractivity contribution in [3.63, 3.8) is 0 Å². The second-order valence-corrected chi connectivity index (χ2v) is 5.53. The quantitative estimate of drug-likeness (QED) is 0.775. The fourth-order valence-corrected chi connectivity index (χ4v) is 2.74. The van der Waals surface area contributed by atoms with Crippen LogP contribution in [0.4, 0.5) is 8.78 Å². The Hall–Kier alpha value is -3.36. The molecule has 0 fully saturated rings. The van der Waals surface area contributed by atoms with E-state index in [-0.39, 0.29) is 17.5 Å². The van der Waals surface area contributed by atoms with Gasteiger partial charge in [0.15, 0.2) is 5.82 Å². The zero-order valence-electron chi connectivity index (χ0n) is 13.4. The van der Waals surface area contributed by atoms with Gasteiger partial charge in [-0.2, -0.15) is 13.9 Å². The first kappa shape index (κ1) is 16.1. The molecule has 1 aliphatic rings. The van der Waals surface area contributed by atoms with E-state index in [4.69, 9.17) is 0 Å². The third kappa shape index (κ3) is 2.99. The molecule has 0 unspecified atom stereocenters. The minimum absolute atomic E-state index is 0.0110. The van der Waals surface area contributed by atoms with Crippen molar-refractivity contribution in [2.45, 2.75) is 13.2 Å². The van der Waals surface area contributed by atoms with Crippen molar-refractivity contribution in [3.05, 3.63) is 48.3 Å². The maximum Gasteiger partial charge on any atom is 0.387 e. The molecule has 0 atom stereocenters. The monoisotopic (exact) mass is 357 g/mol. The van der Waals surface area contributed by atoms with E-state index in [0.29, 0.717) is 35.7 Å². The number of hydrogen-bond acceptors (Lipinski definition) is 5. The van der Waals surface area contributed by atoms with Crippen molar-refractivity contribution in [1.29, 1.82) is 0 Å². The number of aromatic nitrogens is 4. The Labute approximate surface area is 146 Å². The van der Waals surface area contributed by atoms with Crippen LogP contribution in [-0.2, 0) is 6.54 Å². The summed E-state index contributed by atoms with van der Waals surface area (Å²) in [6, 6.07) is 9.59. The number of hydrogen-bond donors (Lipinski definition) is 1. The lowest BCUT2D eigenvalue weighted by Gasteiger charge is -2.13. The molecule has 9 heteroatoms. The van der Waals surface area contributed by atoms with Gasteiger partial charge in [0, 0.05) is 12.7 Å². The summed E-state index contributed by atoms with van der Waals surface area (Å²) in [5.74, 6) is 0.0253. The lowest BCUT2D eigenvalue weighted by molar-refractivity contribution is -0.0494. The minimum atomic E-state index is -2.95. The summed E-state index contributed by atoms with van der Waals surface area (Å²) in [7, 11) is 0. The number of fused-ring (bicyclic) bond motifs is 1. The van der Waals surface area contributed by atoms with Crippen LogP contribution in [0, 0.1) is 0 Å². The summed E-state index contributed by atoms with van der Waals surface area (Å²) < 4.78 is 31.4. The third-order valence-electron chi connectivity index (χ3n) is 3.88. The number of benzene rings is 1. The van der Waals surface area contributed by atoms with E-state index in [1.165, 1.54) is 12.3 Å². The molecule has 4 rings (SSSR count). The average Bonchev–Trinajstić information content (AvgIpc) is 3.08. The van der Waals surface area contributed by atoms with Crippen LogP contribution in [0.25, 0.3) is 22.8 Å². The fraction of sp³-hybridized carbons (Fsp3) is 0.176. The molecule has 1 N–H and O–H groups in total. The van der Waals surface area contributed by atoms with E-state index in [1.807, 2.05) is 0 Å². The van der Waals surface area contributed by atoms with Crippen molar-refractivity contribution in [1.82, 2.24) is 25.1 Å². The third-order valence-corrected chi connectivity index (χ3v) is 3.88. The van der Waals surface area contributed by atoms with Crippen molar-refractivity contribution in [2.24, 2.45) is 0 Å². The number of amides is 1. The number of para-hydroxylation sites is 1. The molecule has 26 heavy (non-hydrogen) atoms. The summed E-state index contributed by atoms with van der Waals surface area (Å²) in [6.45, 7) is -1.86. The second-order valence-electron chi connectivity index (χ2n) is 5.53. The van der Waals surface area contributed by atoms with Gasteiger partial charge in [0.25, 0.3) is 5.91 Å². The Morgan fingerprint density at radius 3 is 2.85 bits per heavy atom. The average molecular weight is 357 g/mol. The largest absolute Gasteiger partial charge is 0.434 e. The van der Waals surface area contributed by atoms with Crippen LogP contribution < -0.4 is 10.1 Å². The van der Waals surface area contributed by atoms with Crippen molar-refractivity contribution in [3.8, 4) is 28.5 Å². The molecule has 132 valence electrons. The summed E-state index contributed by atoms with van der Waals surface area (Å²) >= 11 is 0. The number of halogens is 2. The van der Waals surface area contributed by atoms with Crippen molar-refractivity contribution >= 4 is 5.91 Å². The molecule has 0 saturated carbocycles. The van der Waals surface area contributed by atoms with Crippen LogP contribution in [0.2, 0.25) is 0 Å². The molecule has 1 amide bonds. The number of carbonyl (C=O) groups excluding carboxylic acids is 1. The molecule has 3 aromatic rings. The topological polar surface area (TPSA) is 81.9 Å². The Balaban J connectivity index is 1.74. The number of nitrogens with one attached hydrogen (secondary N) is 1. The lowest BCUT2D eigenvalue weighted by Crippen LogP contribution is -2.35. The van der Waals surface area contributed by atoms with Crippen LogP contribution >= 0.6 is 0 Å². The number of carbonyl (C=O) groups is 1. The van der Waals surface area contributed by atoms with E-state index in [0.717, 1.165) is 0 Å². The number of nitrogens with zero attached hydrogens (tertiary/aromatic N) is 4. The van der Waals surface area contributed by atoms with E-state index in [9.17, 15) is 13.6 Å². The molecular formula is C17H13F2N5O2. The van der Waals surface area contributed by atoms with E-state index >= 15 is 0 Å². The van der Waals surface area contributed by atoms with Crippen LogP contribution in [-0.4, -0.2) is 38.8 Å². The highest BCUT2D eigenvalue weighted by Gasteiger charge is 2.21. The van der Waals surface area contributed by atoms with Crippen molar-refractivity contribution < 1.29 is 18.3 Å². The Kier molecular flexibility index (Phi) is 4.04. The van der Waals surface area contributed by atoms with Gasteiger partial charge in [-0.15, -0.1) is 0 Å². The Bertz CT molecular complexity index is 973. The number of ether oxygens (including phenoxy) is 1. The summed E-state index contributed by atoms with van der Waals surface area (Å²) in [5.41, 5.74) is 1.79. The maximum atomic E-state index is 12.6. The van der Waals surface area contributed by atoms with Gasteiger partial charge in [-0.25, -0.2) is 9.97 Å². The SMILES string of the molecule is O=C1NCCn2nc(-c3ccnc(-c4ccccc4OC(F)F)n3)cc21. The molecule has 0 spiro atoms. The lowest BCUT2D eigenvalue weighted by atomic mass is 10.1. The van der Waals surface area contributed by atoms with Crippen LogP contribution in [0.3, 0.4) is 0 Å². The van der Waals surface area contributed by atoms with Gasteiger partial charge in [0.05, 0.1) is 17.8 Å². The standard InChI is InChI=1S/C17H13F2N5O2/c18-17(19)26-14-4-2-1-3-10(14)15-20-6-5-11(22-15)12-9-13-16(25)21-7-8-24(13)23-12/h1-6,9,17H,7-8H2,(H,21,25). The molecule has 7 nitrogen and oxygen atoms in total. The zero-order chi connectivity index (χ0) is 18.1. The molecule has 3 heterocycles. The highest BCUT2D eigenvalue weighted by atomic mass is 19.3. The first-order valence-corrected chi connectivity index (χ1v) is 7.85. The first-order valence-electron chi connectivity index (χ1n) is 7.85. The molecule has 1 aromatic carbocycles. The molecule has 1 aliphatic heterocycles. The maximum absolute atomic E-state index is 12.6. The summed E-state index contributed by atoms with van der Waals surface area (Å²) in [4.78, 5) is 20.4. The molecule has 0 saturated heterocycles. The zero-order valence-corrected chi connectivity index (χ0v) is 13.4. The van der Waals surface area contributed by atoms with Crippen LogP contribution in [0.15, 0.2) is 42.6 Å². The Morgan fingerprint density at radius 1 is 1.19 bits per heavy atom. The van der Waals surface area contributed by atoms with Gasteiger partial charge in [-0.3, -0.25) is 9.48 Å². The predicted octanol–water partition coefficient (Wildman–Crippen LogP) is 2.35. The summed E-state index contributed by atoms with van der Waals surface area (Å²) in [5, 5.41) is 7.14. The van der Waals surface area contributed by atoms with Gasteiger partial charge in [-0.1, -0.05) is 12.1 Å². The van der Waals surface area contributed by atoms with Crippen LogP contribution in [0.5, 0.6) is 5.75 Å². The second kappa shape index (κ2) is 6.51. The van der Waals surface area contributed by atoms with Gasteiger partial charge in [-0.05, 0) is 24.3 Å². The van der Waals surface area contributed by atoms with E-state index in [1.54, 1.807) is 35.0 Å². The smallest absolute Gasteiger partial charge is 0.387 e.